The smallest absolute Gasteiger partial charge is 0.326 e. The molecule has 1 fully saturated rings. The third kappa shape index (κ3) is 4.03. The number of carboxylic acids is 1. The van der Waals surface area contributed by atoms with Gasteiger partial charge in [-0.3, -0.25) is 14.5 Å². The maximum atomic E-state index is 13.4. The van der Waals surface area contributed by atoms with Gasteiger partial charge in [0.1, 0.15) is 12.1 Å². The number of nitrogens with one attached hydrogen (secondary N) is 1. The van der Waals surface area contributed by atoms with E-state index in [-0.39, 0.29) is 17.7 Å². The molecule has 158 valence electrons. The summed E-state index contributed by atoms with van der Waals surface area (Å²) in [4.78, 5) is 39.5. The Balaban J connectivity index is 1.54. The molecule has 0 saturated carbocycles. The highest BCUT2D eigenvalue weighted by molar-refractivity contribution is 7.81. The normalized spacial score (nSPS) is 26.6. The maximum Gasteiger partial charge on any atom is 0.326 e. The number of amides is 2. The van der Waals surface area contributed by atoms with E-state index in [4.69, 9.17) is 0 Å². The zero-order valence-electron chi connectivity index (χ0n) is 16.7. The SMILES string of the molecule is O=C(NC1CCC2CC=CC3=C2N(C1=O)C(C(=O)O)CC3)C(S)Cc1ccccc1. The van der Waals surface area contributed by atoms with Gasteiger partial charge in [-0.05, 0) is 49.7 Å². The molecule has 2 aliphatic heterocycles. The van der Waals surface area contributed by atoms with E-state index < -0.39 is 23.3 Å². The van der Waals surface area contributed by atoms with Crippen molar-refractivity contribution >= 4 is 30.4 Å². The lowest BCUT2D eigenvalue weighted by Gasteiger charge is -2.40. The van der Waals surface area contributed by atoms with Crippen LogP contribution in [0.5, 0.6) is 0 Å². The Morgan fingerprint density at radius 3 is 2.70 bits per heavy atom. The number of rotatable bonds is 5. The molecule has 1 aromatic carbocycles. The van der Waals surface area contributed by atoms with Crippen LogP contribution < -0.4 is 5.32 Å². The van der Waals surface area contributed by atoms with E-state index in [0.717, 1.165) is 29.7 Å². The highest BCUT2D eigenvalue weighted by atomic mass is 32.1. The maximum absolute atomic E-state index is 13.4. The van der Waals surface area contributed by atoms with Crippen LogP contribution in [0.4, 0.5) is 0 Å². The molecule has 4 rings (SSSR count). The minimum atomic E-state index is -0.994. The van der Waals surface area contributed by atoms with Gasteiger partial charge in [0.05, 0.1) is 5.25 Å². The zero-order valence-corrected chi connectivity index (χ0v) is 17.6. The highest BCUT2D eigenvalue weighted by Crippen LogP contribution is 2.41. The molecular formula is C23H26N2O4S. The van der Waals surface area contributed by atoms with E-state index in [0.29, 0.717) is 25.7 Å². The lowest BCUT2D eigenvalue weighted by atomic mass is 9.83. The second kappa shape index (κ2) is 8.68. The lowest BCUT2D eigenvalue weighted by Crippen LogP contribution is -2.55. The minimum absolute atomic E-state index is 0.120. The first kappa shape index (κ1) is 20.7. The van der Waals surface area contributed by atoms with E-state index in [2.05, 4.69) is 24.0 Å². The number of hydrogen-bond donors (Lipinski definition) is 3. The van der Waals surface area contributed by atoms with Crippen LogP contribution >= 0.6 is 12.6 Å². The monoisotopic (exact) mass is 426 g/mol. The van der Waals surface area contributed by atoms with E-state index in [1.807, 2.05) is 36.4 Å². The molecule has 0 bridgehead atoms. The first-order valence-corrected chi connectivity index (χ1v) is 10.9. The third-order valence-corrected chi connectivity index (χ3v) is 6.65. The fraction of sp³-hybridized carbons (Fsp3) is 0.435. The Bertz CT molecular complexity index is 911. The third-order valence-electron chi connectivity index (χ3n) is 6.23. The molecule has 0 spiro atoms. The Kier molecular flexibility index (Phi) is 5.99. The Morgan fingerprint density at radius 2 is 1.97 bits per heavy atom. The van der Waals surface area contributed by atoms with Crippen molar-refractivity contribution < 1.29 is 19.5 Å². The summed E-state index contributed by atoms with van der Waals surface area (Å²) in [5.41, 5.74) is 2.90. The number of benzene rings is 1. The fourth-order valence-electron chi connectivity index (χ4n) is 4.74. The second-order valence-corrected chi connectivity index (χ2v) is 8.81. The van der Waals surface area contributed by atoms with E-state index in [1.54, 1.807) is 0 Å². The van der Waals surface area contributed by atoms with Crippen molar-refractivity contribution in [3.8, 4) is 0 Å². The van der Waals surface area contributed by atoms with Gasteiger partial charge in [0.2, 0.25) is 11.8 Å². The predicted octanol–water partition coefficient (Wildman–Crippen LogP) is 2.71. The summed E-state index contributed by atoms with van der Waals surface area (Å²) in [6.45, 7) is 0. The van der Waals surface area contributed by atoms with Gasteiger partial charge >= 0.3 is 5.97 Å². The summed E-state index contributed by atoms with van der Waals surface area (Å²) in [7, 11) is 0. The van der Waals surface area contributed by atoms with Crippen LogP contribution in [-0.4, -0.2) is 45.1 Å². The minimum Gasteiger partial charge on any atom is -0.480 e. The average Bonchev–Trinajstić information content (AvgIpc) is 2.88. The van der Waals surface area contributed by atoms with Crippen molar-refractivity contribution in [2.45, 2.75) is 55.9 Å². The number of aliphatic carboxylic acids is 1. The van der Waals surface area contributed by atoms with Gasteiger partial charge in [-0.15, -0.1) is 0 Å². The number of carbonyl (C=O) groups excluding carboxylic acids is 2. The van der Waals surface area contributed by atoms with Gasteiger partial charge in [-0.25, -0.2) is 4.79 Å². The van der Waals surface area contributed by atoms with Crippen LogP contribution in [0.1, 0.15) is 37.7 Å². The predicted molar refractivity (Wildman–Crippen MR) is 116 cm³/mol. The molecule has 0 aromatic heterocycles. The molecule has 1 saturated heterocycles. The molecule has 2 amide bonds. The molecular weight excluding hydrogens is 400 g/mol. The van der Waals surface area contributed by atoms with Crippen molar-refractivity contribution in [3.05, 3.63) is 59.3 Å². The molecule has 2 N–H and O–H groups in total. The molecule has 1 aliphatic carbocycles. The number of thiol groups is 1. The average molecular weight is 427 g/mol. The quantitative estimate of drug-likeness (QED) is 0.632. The van der Waals surface area contributed by atoms with Gasteiger partial charge < -0.3 is 10.4 Å². The number of carbonyl (C=O) groups is 3. The Labute approximate surface area is 181 Å². The molecule has 0 radical (unpaired) electrons. The summed E-state index contributed by atoms with van der Waals surface area (Å²) in [5.74, 6) is -1.50. The topological polar surface area (TPSA) is 86.7 Å². The number of allylic oxidation sites excluding steroid dienone is 4. The van der Waals surface area contributed by atoms with E-state index in [9.17, 15) is 19.5 Å². The summed E-state index contributed by atoms with van der Waals surface area (Å²) >= 11 is 4.45. The van der Waals surface area contributed by atoms with E-state index >= 15 is 0 Å². The van der Waals surface area contributed by atoms with Crippen LogP contribution in [0.3, 0.4) is 0 Å². The van der Waals surface area contributed by atoms with Crippen LogP contribution in [0.25, 0.3) is 0 Å². The van der Waals surface area contributed by atoms with Crippen molar-refractivity contribution in [2.75, 3.05) is 0 Å². The Hall–Kier alpha value is -2.54. The van der Waals surface area contributed by atoms with Crippen molar-refractivity contribution in [2.24, 2.45) is 5.92 Å². The summed E-state index contributed by atoms with van der Waals surface area (Å²) in [5, 5.41) is 12.0. The van der Waals surface area contributed by atoms with E-state index in [1.165, 1.54) is 4.90 Å². The summed E-state index contributed by atoms with van der Waals surface area (Å²) < 4.78 is 0. The van der Waals surface area contributed by atoms with Crippen LogP contribution in [0.2, 0.25) is 0 Å². The molecule has 30 heavy (non-hydrogen) atoms. The molecule has 6 nitrogen and oxygen atoms in total. The molecule has 7 heteroatoms. The second-order valence-electron chi connectivity index (χ2n) is 8.19. The van der Waals surface area contributed by atoms with Crippen LogP contribution in [0, 0.1) is 5.92 Å². The molecule has 4 atom stereocenters. The van der Waals surface area contributed by atoms with Crippen molar-refractivity contribution in [3.63, 3.8) is 0 Å². The van der Waals surface area contributed by atoms with Gasteiger partial charge in [-0.2, -0.15) is 12.6 Å². The first-order valence-electron chi connectivity index (χ1n) is 10.4. The molecule has 2 heterocycles. The van der Waals surface area contributed by atoms with Crippen LogP contribution in [0.15, 0.2) is 53.8 Å². The zero-order chi connectivity index (χ0) is 21.3. The number of nitrogens with zero attached hydrogens (tertiary/aromatic N) is 1. The van der Waals surface area contributed by atoms with Gasteiger partial charge in [0.25, 0.3) is 0 Å². The fourth-order valence-corrected chi connectivity index (χ4v) is 5.02. The largest absolute Gasteiger partial charge is 0.480 e. The Morgan fingerprint density at radius 1 is 1.20 bits per heavy atom. The molecule has 4 unspecified atom stereocenters. The summed E-state index contributed by atoms with van der Waals surface area (Å²) in [6, 6.07) is 7.99. The standard InChI is InChI=1S/C23H26N2O4S/c26-21(19(30)13-14-5-2-1-3-6-14)24-17-11-9-15-7-4-8-16-10-12-18(23(28)29)25(20(15)16)22(17)27/h1-6,8,15,17-19,30H,7,9-13H2,(H,24,26)(H,28,29). The molecule has 3 aliphatic rings. The lowest BCUT2D eigenvalue weighted by molar-refractivity contribution is -0.150. The van der Waals surface area contributed by atoms with Crippen molar-refractivity contribution in [1.29, 1.82) is 0 Å². The highest BCUT2D eigenvalue weighted by Gasteiger charge is 2.45. The first-order chi connectivity index (χ1) is 14.5. The molecule has 1 aromatic rings. The number of hydrogen-bond acceptors (Lipinski definition) is 4. The van der Waals surface area contributed by atoms with Gasteiger partial charge in [0.15, 0.2) is 0 Å². The van der Waals surface area contributed by atoms with Crippen molar-refractivity contribution in [1.82, 2.24) is 10.2 Å². The number of carboxylic acid groups (broad SMARTS) is 1. The summed E-state index contributed by atoms with van der Waals surface area (Å²) in [6.07, 6.45) is 7.66. The van der Waals surface area contributed by atoms with Gasteiger partial charge in [-0.1, -0.05) is 42.5 Å². The van der Waals surface area contributed by atoms with Crippen LogP contribution in [-0.2, 0) is 20.8 Å². The van der Waals surface area contributed by atoms with Gasteiger partial charge in [0, 0.05) is 11.6 Å².